The van der Waals surface area contributed by atoms with Crippen LogP contribution < -0.4 is 0 Å². The molecule has 1 nitrogen and oxygen atoms in total. The van der Waals surface area contributed by atoms with Gasteiger partial charge in [-0.15, -0.1) is 0 Å². The van der Waals surface area contributed by atoms with Crippen LogP contribution in [0.15, 0.2) is 194 Å². The fraction of sp³-hybridized carbons (Fsp3) is 0. The number of H-pyrrole nitrogens is 1. The molecule has 0 fully saturated rings. The molecule has 0 aliphatic carbocycles. The van der Waals surface area contributed by atoms with Crippen molar-refractivity contribution in [2.24, 2.45) is 0 Å². The summed E-state index contributed by atoms with van der Waals surface area (Å²) in [6.07, 6.45) is 0. The molecule has 0 aliphatic heterocycles. The zero-order valence-corrected chi connectivity index (χ0v) is 29.0. The molecular formula is C52H33N. The minimum absolute atomic E-state index is 1.16. The van der Waals surface area contributed by atoms with E-state index in [9.17, 15) is 0 Å². The van der Waals surface area contributed by atoms with Gasteiger partial charge in [0.05, 0.1) is 5.52 Å². The highest BCUT2D eigenvalue weighted by molar-refractivity contribution is 6.22. The molecule has 11 aromatic rings. The number of nitrogens with one attached hydrogen (secondary N) is 1. The molecule has 0 unspecified atom stereocenters. The molecule has 0 spiro atoms. The Kier molecular flexibility index (Phi) is 6.62. The molecule has 246 valence electrons. The second kappa shape index (κ2) is 11.8. The molecule has 0 atom stereocenters. The Morgan fingerprint density at radius 1 is 0.245 bits per heavy atom. The summed E-state index contributed by atoms with van der Waals surface area (Å²) in [5.74, 6) is 0. The Balaban J connectivity index is 1.07. The predicted octanol–water partition coefficient (Wildman–Crippen LogP) is 14.6. The summed E-state index contributed by atoms with van der Waals surface area (Å²) in [7, 11) is 0. The summed E-state index contributed by atoms with van der Waals surface area (Å²) >= 11 is 0. The van der Waals surface area contributed by atoms with Gasteiger partial charge >= 0.3 is 0 Å². The van der Waals surface area contributed by atoms with E-state index in [1.54, 1.807) is 0 Å². The van der Waals surface area contributed by atoms with Crippen molar-refractivity contribution < 1.29 is 0 Å². The van der Waals surface area contributed by atoms with Crippen molar-refractivity contribution in [3.63, 3.8) is 0 Å². The normalized spacial score (nSPS) is 11.8. The van der Waals surface area contributed by atoms with Crippen molar-refractivity contribution >= 4 is 64.9 Å². The molecule has 1 N–H and O–H groups in total. The van der Waals surface area contributed by atoms with Crippen LogP contribution in [0.5, 0.6) is 0 Å². The largest absolute Gasteiger partial charge is 0.354 e. The lowest BCUT2D eigenvalue weighted by Crippen LogP contribution is -1.91. The van der Waals surface area contributed by atoms with E-state index in [0.29, 0.717) is 0 Å². The standard InChI is InChI=1S/C52H33N/c1-2-13-35-29-38(24-23-33(35)11-1)36-14-9-16-40(30-36)50-44-19-5-7-21-46(44)51(47-22-8-6-20-45(47)50)41-17-10-15-37(31-41)39-26-27-43-48-28-25-34-12-3-4-18-42(34)52(48)53-49(43)32-39/h1-32,53H. The van der Waals surface area contributed by atoms with Crippen molar-refractivity contribution in [3.8, 4) is 44.5 Å². The molecule has 0 amide bonds. The van der Waals surface area contributed by atoms with Gasteiger partial charge in [-0.2, -0.15) is 0 Å². The van der Waals surface area contributed by atoms with Gasteiger partial charge < -0.3 is 4.98 Å². The van der Waals surface area contributed by atoms with Crippen LogP contribution in [0.3, 0.4) is 0 Å². The van der Waals surface area contributed by atoms with Crippen LogP contribution in [0.2, 0.25) is 0 Å². The van der Waals surface area contributed by atoms with Crippen LogP contribution in [0.25, 0.3) is 109 Å². The first kappa shape index (κ1) is 29.7. The van der Waals surface area contributed by atoms with Crippen LogP contribution >= 0.6 is 0 Å². The zero-order valence-electron chi connectivity index (χ0n) is 29.0. The van der Waals surface area contributed by atoms with E-state index in [1.807, 2.05) is 0 Å². The average molecular weight is 672 g/mol. The van der Waals surface area contributed by atoms with Crippen LogP contribution in [0.1, 0.15) is 0 Å². The molecule has 1 heteroatoms. The maximum absolute atomic E-state index is 3.77. The topological polar surface area (TPSA) is 15.8 Å². The first-order chi connectivity index (χ1) is 26.3. The number of aromatic nitrogens is 1. The minimum Gasteiger partial charge on any atom is -0.354 e. The number of hydrogen-bond acceptors (Lipinski definition) is 0. The molecular weight excluding hydrogens is 639 g/mol. The summed E-state index contributed by atoms with van der Waals surface area (Å²) in [5, 5.41) is 12.6. The molecule has 0 radical (unpaired) electrons. The second-order valence-electron chi connectivity index (χ2n) is 14.2. The lowest BCUT2D eigenvalue weighted by molar-refractivity contribution is 1.55. The third-order valence-electron chi connectivity index (χ3n) is 11.1. The van der Waals surface area contributed by atoms with Gasteiger partial charge in [0.2, 0.25) is 0 Å². The highest BCUT2D eigenvalue weighted by atomic mass is 14.7. The van der Waals surface area contributed by atoms with E-state index in [-0.39, 0.29) is 0 Å². The van der Waals surface area contributed by atoms with Crippen molar-refractivity contribution in [1.82, 2.24) is 4.98 Å². The second-order valence-corrected chi connectivity index (χ2v) is 14.2. The first-order valence-electron chi connectivity index (χ1n) is 18.3. The summed E-state index contributed by atoms with van der Waals surface area (Å²) < 4.78 is 0. The van der Waals surface area contributed by atoms with E-state index in [0.717, 1.165) is 5.52 Å². The Labute approximate surface area is 307 Å². The number of rotatable bonds is 4. The van der Waals surface area contributed by atoms with Gasteiger partial charge in [-0.1, -0.05) is 170 Å². The monoisotopic (exact) mass is 671 g/mol. The zero-order chi connectivity index (χ0) is 34.9. The fourth-order valence-corrected chi connectivity index (χ4v) is 8.66. The smallest absolute Gasteiger partial charge is 0.0544 e. The van der Waals surface area contributed by atoms with Gasteiger partial charge in [-0.25, -0.2) is 0 Å². The fourth-order valence-electron chi connectivity index (χ4n) is 8.66. The third kappa shape index (κ3) is 4.79. The maximum atomic E-state index is 3.77. The van der Waals surface area contributed by atoms with E-state index < -0.39 is 0 Å². The lowest BCUT2D eigenvalue weighted by atomic mass is 9.85. The van der Waals surface area contributed by atoms with Crippen LogP contribution in [-0.4, -0.2) is 4.98 Å². The van der Waals surface area contributed by atoms with Gasteiger partial charge in [0, 0.05) is 21.7 Å². The number of hydrogen-bond donors (Lipinski definition) is 1. The van der Waals surface area contributed by atoms with Crippen molar-refractivity contribution in [2.45, 2.75) is 0 Å². The van der Waals surface area contributed by atoms with Gasteiger partial charge in [-0.3, -0.25) is 0 Å². The molecule has 11 rings (SSSR count). The maximum Gasteiger partial charge on any atom is 0.0544 e. The third-order valence-corrected chi connectivity index (χ3v) is 11.1. The molecule has 1 heterocycles. The highest BCUT2D eigenvalue weighted by Crippen LogP contribution is 2.45. The van der Waals surface area contributed by atoms with Crippen LogP contribution in [0, 0.1) is 0 Å². The molecule has 0 bridgehead atoms. The van der Waals surface area contributed by atoms with E-state index in [1.165, 1.54) is 104 Å². The molecule has 10 aromatic carbocycles. The van der Waals surface area contributed by atoms with Gasteiger partial charge in [0.15, 0.2) is 0 Å². The summed E-state index contributed by atoms with van der Waals surface area (Å²) in [6.45, 7) is 0. The number of benzene rings is 10. The Hall–Kier alpha value is -6.96. The summed E-state index contributed by atoms with van der Waals surface area (Å²) in [4.78, 5) is 3.77. The van der Waals surface area contributed by atoms with Gasteiger partial charge in [0.1, 0.15) is 0 Å². The Bertz CT molecular complexity index is 3180. The molecule has 1 aromatic heterocycles. The summed E-state index contributed by atoms with van der Waals surface area (Å²) in [5.41, 5.74) is 12.2. The van der Waals surface area contributed by atoms with Crippen molar-refractivity contribution in [2.75, 3.05) is 0 Å². The minimum atomic E-state index is 1.16. The van der Waals surface area contributed by atoms with Crippen molar-refractivity contribution in [1.29, 1.82) is 0 Å². The molecule has 0 saturated heterocycles. The Morgan fingerprint density at radius 3 is 1.34 bits per heavy atom. The molecule has 0 saturated carbocycles. The SMILES string of the molecule is c1cc(-c2ccc3ccccc3c2)cc(-c2c3ccccc3c(-c3cccc(-c4ccc5c(c4)[nH]c4c6ccccc6ccc54)c3)c3ccccc23)c1. The van der Waals surface area contributed by atoms with E-state index in [2.05, 4.69) is 199 Å². The summed E-state index contributed by atoms with van der Waals surface area (Å²) in [6, 6.07) is 71.3. The van der Waals surface area contributed by atoms with Crippen LogP contribution in [0.4, 0.5) is 0 Å². The average Bonchev–Trinajstić information content (AvgIpc) is 3.61. The van der Waals surface area contributed by atoms with Gasteiger partial charge in [-0.05, 0) is 106 Å². The number of aromatic amines is 1. The molecule has 53 heavy (non-hydrogen) atoms. The quantitative estimate of drug-likeness (QED) is 0.179. The molecule has 0 aliphatic rings. The van der Waals surface area contributed by atoms with Gasteiger partial charge in [0.25, 0.3) is 0 Å². The predicted molar refractivity (Wildman–Crippen MR) is 228 cm³/mol. The highest BCUT2D eigenvalue weighted by Gasteiger charge is 2.18. The number of fused-ring (bicyclic) bond motifs is 8. The van der Waals surface area contributed by atoms with Crippen LogP contribution in [-0.2, 0) is 0 Å². The lowest BCUT2D eigenvalue weighted by Gasteiger charge is -2.18. The first-order valence-corrected chi connectivity index (χ1v) is 18.3. The van der Waals surface area contributed by atoms with Crippen molar-refractivity contribution in [3.05, 3.63) is 194 Å². The van der Waals surface area contributed by atoms with E-state index in [4.69, 9.17) is 0 Å². The Morgan fingerprint density at radius 2 is 0.698 bits per heavy atom. The van der Waals surface area contributed by atoms with E-state index >= 15 is 0 Å².